The Morgan fingerprint density at radius 3 is 2.03 bits per heavy atom. The van der Waals surface area contributed by atoms with Crippen molar-refractivity contribution >= 4 is 53.2 Å². The van der Waals surface area contributed by atoms with Gasteiger partial charge in [0, 0.05) is 26.8 Å². The normalized spacial score (nSPS) is 28.5. The van der Waals surface area contributed by atoms with Crippen LogP contribution in [0.4, 0.5) is 0 Å². The molecule has 3 aliphatic heterocycles. The van der Waals surface area contributed by atoms with Crippen molar-refractivity contribution in [1.29, 1.82) is 0 Å². The predicted molar refractivity (Wildman–Crippen MR) is 213 cm³/mol. The van der Waals surface area contributed by atoms with Gasteiger partial charge in [0.1, 0.15) is 72.9 Å². The fourth-order valence-electron chi connectivity index (χ4n) is 6.97. The summed E-state index contributed by atoms with van der Waals surface area (Å²) in [6.45, 7) is 4.24. The van der Waals surface area contributed by atoms with Crippen molar-refractivity contribution in [2.45, 2.75) is 158 Å². The van der Waals surface area contributed by atoms with E-state index in [1.165, 1.54) is 20.8 Å². The van der Waals surface area contributed by atoms with E-state index in [1.54, 1.807) is 0 Å². The lowest BCUT2D eigenvalue weighted by molar-refractivity contribution is -0.313. The number of aliphatic hydroxyl groups is 3. The molecule has 27 nitrogen and oxygen atoms in total. The number of hydrogen-bond donors (Lipinski definition) is 13. The van der Waals surface area contributed by atoms with Crippen molar-refractivity contribution in [2.24, 2.45) is 17.2 Å². The second kappa shape index (κ2) is 24.8. The predicted octanol–water partition coefficient (Wildman–Crippen LogP) is -7.34. The number of carbonyl (C=O) groups excluding carboxylic acids is 8. The van der Waals surface area contributed by atoms with Crippen LogP contribution in [0.5, 0.6) is 0 Å². The van der Waals surface area contributed by atoms with Crippen LogP contribution in [0.25, 0.3) is 0 Å². The largest absolute Gasteiger partial charge is 0.480 e. The monoisotopic (exact) mass is 919 g/mol. The molecular weight excluding hydrogens is 858 g/mol. The molecule has 8 amide bonds. The fourth-order valence-corrected chi connectivity index (χ4v) is 6.97. The lowest BCUT2D eigenvalue weighted by atomic mass is 9.95. The molecule has 3 rings (SSSR count). The Balaban J connectivity index is 1.60. The number of aliphatic hydroxyl groups excluding tert-OH is 3. The van der Waals surface area contributed by atoms with Gasteiger partial charge < -0.3 is 93.2 Å². The number of aliphatic carboxylic acids is 1. The fraction of sp³-hybridized carbons (Fsp3) is 0.757. The molecule has 0 aromatic rings. The van der Waals surface area contributed by atoms with Gasteiger partial charge in [-0.15, -0.1) is 0 Å². The van der Waals surface area contributed by atoms with E-state index in [2.05, 4.69) is 31.9 Å². The van der Waals surface area contributed by atoms with E-state index in [-0.39, 0.29) is 38.8 Å². The van der Waals surface area contributed by atoms with Crippen molar-refractivity contribution in [3.05, 3.63) is 0 Å². The molecule has 3 saturated heterocycles. The smallest absolute Gasteiger partial charge is 0.326 e. The zero-order valence-corrected chi connectivity index (χ0v) is 35.8. The number of carbonyl (C=O) groups is 9. The number of carboxylic acids is 1. The second-order valence-electron chi connectivity index (χ2n) is 15.6. The maximum Gasteiger partial charge on any atom is 0.326 e. The van der Waals surface area contributed by atoms with E-state index in [0.29, 0.717) is 6.42 Å². The molecule has 0 aromatic heterocycles. The molecule has 3 aliphatic rings. The first-order valence-electron chi connectivity index (χ1n) is 20.5. The Morgan fingerprint density at radius 1 is 0.781 bits per heavy atom. The average Bonchev–Trinajstić information content (AvgIpc) is 3.66. The zero-order chi connectivity index (χ0) is 48.0. The van der Waals surface area contributed by atoms with Gasteiger partial charge in [-0.05, 0) is 39.5 Å². The zero-order valence-electron chi connectivity index (χ0n) is 35.8. The lowest BCUT2D eigenvalue weighted by Gasteiger charge is -2.47. The number of rotatable bonds is 25. The molecule has 362 valence electrons. The first-order valence-corrected chi connectivity index (χ1v) is 20.5. The molecule has 3 fully saturated rings. The standard InChI is InChI=1S/C37H61N9O18/c1-14(33(56)46-19(32(40)55)8-9-23(50)45-20(35(58)59)7-5-6-10-41-24(51)11-18(38)31(39)54)42-34(57)15(2)61-30-26(44-17(4)49)36-60-13-22(63-36)29(30)64-37-25(43-16(3)48)28(53)27(52)21(12-47)62-37/h14-15,18-22,25-30,36-37,47,52-53H,5-13,38H2,1-4H3,(H2,39,54)(H2,40,55)(H,41,51)(H,42,57)(H,43,48)(H,44,49)(H,45,50)(H,46,56)(H,58,59). The van der Waals surface area contributed by atoms with E-state index in [1.807, 2.05) is 0 Å². The van der Waals surface area contributed by atoms with Gasteiger partial charge in [0.15, 0.2) is 12.6 Å². The highest BCUT2D eigenvalue weighted by atomic mass is 16.8. The summed E-state index contributed by atoms with van der Waals surface area (Å²) in [4.78, 5) is 111. The molecule has 27 heteroatoms. The van der Waals surface area contributed by atoms with Crippen LogP contribution >= 0.6 is 0 Å². The maximum atomic E-state index is 13.5. The summed E-state index contributed by atoms with van der Waals surface area (Å²) in [6.07, 6.45) is -12.6. The molecule has 0 aliphatic carbocycles. The first-order chi connectivity index (χ1) is 30.0. The van der Waals surface area contributed by atoms with Crippen LogP contribution in [0.1, 0.15) is 66.2 Å². The Kier molecular flexibility index (Phi) is 20.6. The van der Waals surface area contributed by atoms with Gasteiger partial charge in [0.05, 0.1) is 25.7 Å². The molecule has 16 N–H and O–H groups in total. The van der Waals surface area contributed by atoms with Gasteiger partial charge in [-0.25, -0.2) is 4.79 Å². The number of unbranched alkanes of at least 4 members (excludes halogenated alkanes) is 1. The van der Waals surface area contributed by atoms with Crippen molar-refractivity contribution in [1.82, 2.24) is 31.9 Å². The molecule has 2 bridgehead atoms. The van der Waals surface area contributed by atoms with E-state index in [0.717, 1.165) is 6.92 Å². The van der Waals surface area contributed by atoms with Gasteiger partial charge in [0.25, 0.3) is 0 Å². The van der Waals surface area contributed by atoms with E-state index in [4.69, 9.17) is 40.9 Å². The van der Waals surface area contributed by atoms with E-state index in [9.17, 15) is 63.6 Å². The number of hydrogen-bond acceptors (Lipinski definition) is 18. The number of carboxylic acid groups (broad SMARTS) is 1. The van der Waals surface area contributed by atoms with E-state index < -0.39 is 158 Å². The van der Waals surface area contributed by atoms with Gasteiger partial charge in [0.2, 0.25) is 47.3 Å². The van der Waals surface area contributed by atoms with Crippen molar-refractivity contribution in [3.63, 3.8) is 0 Å². The van der Waals surface area contributed by atoms with Crippen LogP contribution in [-0.4, -0.2) is 185 Å². The summed E-state index contributed by atoms with van der Waals surface area (Å²) in [5, 5.41) is 55.4. The van der Waals surface area contributed by atoms with Crippen LogP contribution in [0, 0.1) is 0 Å². The third-order valence-electron chi connectivity index (χ3n) is 10.4. The minimum Gasteiger partial charge on any atom is -0.480 e. The minimum absolute atomic E-state index is 0.0215. The summed E-state index contributed by atoms with van der Waals surface area (Å²) in [5.41, 5.74) is 15.9. The molecule has 0 radical (unpaired) electrons. The molecule has 15 unspecified atom stereocenters. The number of ether oxygens (including phenoxy) is 5. The molecule has 64 heavy (non-hydrogen) atoms. The number of fused-ring (bicyclic) bond motifs is 2. The Labute approximate surface area is 366 Å². The minimum atomic E-state index is -1.67. The number of nitrogens with two attached hydrogens (primary N) is 3. The highest BCUT2D eigenvalue weighted by Gasteiger charge is 2.56. The van der Waals surface area contributed by atoms with Gasteiger partial charge in [-0.2, -0.15) is 0 Å². The number of nitrogens with one attached hydrogen (secondary N) is 6. The Morgan fingerprint density at radius 2 is 1.44 bits per heavy atom. The first kappa shape index (κ1) is 53.2. The van der Waals surface area contributed by atoms with Crippen LogP contribution in [0.3, 0.4) is 0 Å². The maximum absolute atomic E-state index is 13.5. The topological polar surface area (TPSA) is 431 Å². The van der Waals surface area contributed by atoms with Crippen LogP contribution in [-0.2, 0) is 66.8 Å². The second-order valence-corrected chi connectivity index (χ2v) is 15.6. The summed E-state index contributed by atoms with van der Waals surface area (Å²) in [7, 11) is 0. The van der Waals surface area contributed by atoms with Gasteiger partial charge >= 0.3 is 5.97 Å². The molecule has 0 aromatic carbocycles. The summed E-state index contributed by atoms with van der Waals surface area (Å²) in [6, 6.07) is -7.73. The number of amides is 8. The van der Waals surface area contributed by atoms with Gasteiger partial charge in [-0.1, -0.05) is 0 Å². The highest BCUT2D eigenvalue weighted by Crippen LogP contribution is 2.35. The van der Waals surface area contributed by atoms with Crippen molar-refractivity contribution in [3.8, 4) is 0 Å². The third kappa shape index (κ3) is 15.5. The average molecular weight is 920 g/mol. The summed E-state index contributed by atoms with van der Waals surface area (Å²) in [5.74, 6) is -7.45. The van der Waals surface area contributed by atoms with Crippen LogP contribution in [0.2, 0.25) is 0 Å². The van der Waals surface area contributed by atoms with E-state index >= 15 is 0 Å². The SMILES string of the molecule is CC(=O)NC1C(OC2C3COC(O3)C(NC(C)=O)C2OC(C)C(=O)NC(C)C(=O)NC(CCC(=O)NC(CCCCNC(=O)CC(N)C(N)=O)C(=O)O)C(N)=O)OC(CO)C(O)C1O. The molecule has 15 atom stereocenters. The van der Waals surface area contributed by atoms with Crippen LogP contribution in [0.15, 0.2) is 0 Å². The summed E-state index contributed by atoms with van der Waals surface area (Å²) < 4.78 is 29.7. The lowest BCUT2D eigenvalue weighted by Crippen LogP contribution is -2.68. The summed E-state index contributed by atoms with van der Waals surface area (Å²) >= 11 is 0. The van der Waals surface area contributed by atoms with Crippen molar-refractivity contribution in [2.75, 3.05) is 19.8 Å². The molecule has 0 saturated carbocycles. The third-order valence-corrected chi connectivity index (χ3v) is 10.4. The quantitative estimate of drug-likeness (QED) is 0.0378. The van der Waals surface area contributed by atoms with Gasteiger partial charge in [-0.3, -0.25) is 38.4 Å². The highest BCUT2D eigenvalue weighted by molar-refractivity contribution is 5.92. The molecular formula is C37H61N9O18. The Hall–Kier alpha value is -5.13. The van der Waals surface area contributed by atoms with Crippen LogP contribution < -0.4 is 49.1 Å². The Bertz CT molecular complexity index is 1690. The molecule has 0 spiro atoms. The molecule has 3 heterocycles. The van der Waals surface area contributed by atoms with Crippen molar-refractivity contribution < 1.29 is 87.3 Å². The number of primary amides is 2.